The number of para-hydroxylation sites is 4. The standard InChI is InChI=1S/C27H21N3O4S/c1-33-22-14-8-6-10-18(22)16-24-26(32)30(19-11-4-3-5-12-19)27(35-24)20(17-28)25(31)29-21-13-7-9-15-23(21)34-2/h3-16H,1-2H3,(H,29,31)/b24-16-,27-20-. The van der Waals surface area contributed by atoms with Gasteiger partial charge in [0.1, 0.15) is 22.2 Å². The monoisotopic (exact) mass is 483 g/mol. The average molecular weight is 484 g/mol. The summed E-state index contributed by atoms with van der Waals surface area (Å²) in [7, 11) is 3.05. The molecule has 0 saturated carbocycles. The molecule has 0 bridgehead atoms. The van der Waals surface area contributed by atoms with E-state index in [9.17, 15) is 14.9 Å². The van der Waals surface area contributed by atoms with E-state index in [2.05, 4.69) is 5.32 Å². The third-order valence-electron chi connectivity index (χ3n) is 5.17. The van der Waals surface area contributed by atoms with Crippen LogP contribution in [0.2, 0.25) is 0 Å². The van der Waals surface area contributed by atoms with Gasteiger partial charge in [-0.2, -0.15) is 5.26 Å². The minimum atomic E-state index is -0.647. The average Bonchev–Trinajstić information content (AvgIpc) is 3.20. The molecule has 0 aliphatic heterocycles. The number of rotatable bonds is 6. The van der Waals surface area contributed by atoms with Gasteiger partial charge in [-0.25, -0.2) is 0 Å². The number of nitriles is 1. The molecule has 7 nitrogen and oxygen atoms in total. The normalized spacial score (nSPS) is 12.0. The van der Waals surface area contributed by atoms with Crippen molar-refractivity contribution in [2.45, 2.75) is 0 Å². The zero-order valence-electron chi connectivity index (χ0n) is 19.0. The lowest BCUT2D eigenvalue weighted by atomic mass is 10.2. The Kier molecular flexibility index (Phi) is 7.10. The van der Waals surface area contributed by atoms with Gasteiger partial charge in [-0.05, 0) is 36.4 Å². The van der Waals surface area contributed by atoms with Gasteiger partial charge >= 0.3 is 0 Å². The third-order valence-corrected chi connectivity index (χ3v) is 6.26. The summed E-state index contributed by atoms with van der Waals surface area (Å²) >= 11 is 1.06. The second kappa shape index (κ2) is 10.5. The number of methoxy groups -OCH3 is 2. The van der Waals surface area contributed by atoms with Gasteiger partial charge in [0, 0.05) is 5.56 Å². The van der Waals surface area contributed by atoms with Crippen molar-refractivity contribution in [1.29, 1.82) is 5.26 Å². The summed E-state index contributed by atoms with van der Waals surface area (Å²) in [6.07, 6.45) is 1.70. The van der Waals surface area contributed by atoms with Gasteiger partial charge in [0.15, 0.2) is 5.57 Å². The van der Waals surface area contributed by atoms with Gasteiger partial charge < -0.3 is 14.8 Å². The number of ether oxygens (including phenoxy) is 2. The van der Waals surface area contributed by atoms with E-state index in [-0.39, 0.29) is 15.8 Å². The Morgan fingerprint density at radius 3 is 2.26 bits per heavy atom. The summed E-state index contributed by atoms with van der Waals surface area (Å²) in [6.45, 7) is 0. The number of benzene rings is 3. The molecule has 0 atom stereocenters. The van der Waals surface area contributed by atoms with E-state index >= 15 is 0 Å². The Hall–Kier alpha value is -4.61. The number of carbonyl (C=O) groups excluding carboxylic acids is 1. The molecular weight excluding hydrogens is 462 g/mol. The summed E-state index contributed by atoms with van der Waals surface area (Å²) in [5, 5.41) is 12.7. The molecule has 35 heavy (non-hydrogen) atoms. The van der Waals surface area contributed by atoms with E-state index in [4.69, 9.17) is 9.47 Å². The lowest BCUT2D eigenvalue weighted by Crippen LogP contribution is -2.32. The fourth-order valence-electron chi connectivity index (χ4n) is 3.52. The third kappa shape index (κ3) is 4.86. The summed E-state index contributed by atoms with van der Waals surface area (Å²) in [4.78, 5) is 26.7. The molecule has 0 saturated heterocycles. The summed E-state index contributed by atoms with van der Waals surface area (Å²) < 4.78 is 12.7. The molecule has 0 fully saturated rings. The minimum absolute atomic E-state index is 0.193. The van der Waals surface area contributed by atoms with Crippen LogP contribution in [0.15, 0.2) is 83.7 Å². The number of hydrogen-bond acceptors (Lipinski definition) is 6. The van der Waals surface area contributed by atoms with Gasteiger partial charge in [0.25, 0.3) is 11.5 Å². The van der Waals surface area contributed by atoms with Crippen LogP contribution in [0.1, 0.15) is 5.56 Å². The van der Waals surface area contributed by atoms with E-state index in [1.54, 1.807) is 67.8 Å². The van der Waals surface area contributed by atoms with Crippen molar-refractivity contribution < 1.29 is 14.3 Å². The van der Waals surface area contributed by atoms with Gasteiger partial charge in [-0.3, -0.25) is 14.2 Å². The number of amides is 1. The highest BCUT2D eigenvalue weighted by molar-refractivity contribution is 7.07. The molecule has 1 aromatic heterocycles. The van der Waals surface area contributed by atoms with Crippen LogP contribution >= 0.6 is 11.3 Å². The van der Waals surface area contributed by atoms with Gasteiger partial charge in [0.05, 0.1) is 30.1 Å². The molecule has 0 spiro atoms. The second-order valence-corrected chi connectivity index (χ2v) is 8.31. The van der Waals surface area contributed by atoms with Crippen molar-refractivity contribution in [2.24, 2.45) is 0 Å². The van der Waals surface area contributed by atoms with Gasteiger partial charge in [-0.1, -0.05) is 48.5 Å². The lowest BCUT2D eigenvalue weighted by Gasteiger charge is -2.09. The van der Waals surface area contributed by atoms with Crippen molar-refractivity contribution in [3.8, 4) is 23.3 Å². The van der Waals surface area contributed by atoms with Crippen molar-refractivity contribution in [3.63, 3.8) is 0 Å². The van der Waals surface area contributed by atoms with Crippen LogP contribution in [0.3, 0.4) is 0 Å². The maximum absolute atomic E-state index is 13.5. The molecule has 0 aliphatic rings. The first-order chi connectivity index (χ1) is 17.1. The fraction of sp³-hybridized carbons (Fsp3) is 0.0741. The lowest BCUT2D eigenvalue weighted by molar-refractivity contribution is -0.111. The number of carbonyl (C=O) groups is 1. The first-order valence-corrected chi connectivity index (χ1v) is 11.4. The van der Waals surface area contributed by atoms with E-state index in [1.165, 1.54) is 11.7 Å². The fourth-order valence-corrected chi connectivity index (χ4v) is 4.61. The van der Waals surface area contributed by atoms with E-state index < -0.39 is 5.91 Å². The van der Waals surface area contributed by atoms with Crippen LogP contribution in [-0.2, 0) is 4.79 Å². The van der Waals surface area contributed by atoms with Crippen molar-refractivity contribution in [2.75, 3.05) is 19.5 Å². The number of hydrogen-bond donors (Lipinski definition) is 1. The number of aromatic nitrogens is 1. The predicted octanol–water partition coefficient (Wildman–Crippen LogP) is 3.06. The summed E-state index contributed by atoms with van der Waals surface area (Å²) in [6, 6.07) is 25.1. The van der Waals surface area contributed by atoms with Crippen molar-refractivity contribution in [1.82, 2.24) is 4.57 Å². The zero-order chi connectivity index (χ0) is 24.8. The number of thiazole rings is 1. The van der Waals surface area contributed by atoms with Gasteiger partial charge in [0.2, 0.25) is 0 Å². The summed E-state index contributed by atoms with van der Waals surface area (Å²) in [5.41, 5.74) is 1.12. The Morgan fingerprint density at radius 1 is 0.943 bits per heavy atom. The number of nitrogens with zero attached hydrogens (tertiary/aromatic N) is 2. The second-order valence-electron chi connectivity index (χ2n) is 7.28. The highest BCUT2D eigenvalue weighted by Gasteiger charge is 2.18. The summed E-state index contributed by atoms with van der Waals surface area (Å²) in [5.74, 6) is 0.410. The Labute approximate surface area is 205 Å². The Balaban J connectivity index is 1.97. The molecule has 0 radical (unpaired) electrons. The molecule has 1 amide bonds. The molecule has 174 valence electrons. The SMILES string of the molecule is COc1ccccc1/C=c1\s/c(=C(/C#N)C(=O)Nc2ccccc2OC)n(-c2ccccc2)c1=O. The largest absolute Gasteiger partial charge is 0.496 e. The van der Waals surface area contributed by atoms with Crippen LogP contribution in [-0.4, -0.2) is 24.7 Å². The maximum Gasteiger partial charge on any atom is 0.273 e. The Bertz CT molecular complexity index is 1600. The molecule has 4 rings (SSSR count). The molecule has 0 unspecified atom stereocenters. The molecule has 1 heterocycles. The van der Waals surface area contributed by atoms with Crippen LogP contribution in [0.5, 0.6) is 11.5 Å². The van der Waals surface area contributed by atoms with Crippen LogP contribution < -0.4 is 29.5 Å². The zero-order valence-corrected chi connectivity index (χ0v) is 19.8. The highest BCUT2D eigenvalue weighted by atomic mass is 32.1. The van der Waals surface area contributed by atoms with Crippen LogP contribution in [0.4, 0.5) is 5.69 Å². The topological polar surface area (TPSA) is 93.3 Å². The highest BCUT2D eigenvalue weighted by Crippen LogP contribution is 2.23. The van der Waals surface area contributed by atoms with Gasteiger partial charge in [-0.15, -0.1) is 11.3 Å². The minimum Gasteiger partial charge on any atom is -0.496 e. The van der Waals surface area contributed by atoms with E-state index in [0.29, 0.717) is 33.0 Å². The molecule has 8 heteroatoms. The molecule has 0 aliphatic carbocycles. The number of nitrogens with one attached hydrogen (secondary N) is 1. The first-order valence-electron chi connectivity index (χ1n) is 10.6. The quantitative estimate of drug-likeness (QED) is 0.455. The van der Waals surface area contributed by atoms with Crippen molar-refractivity contribution in [3.05, 3.63) is 104 Å². The van der Waals surface area contributed by atoms with Crippen LogP contribution in [0.25, 0.3) is 17.3 Å². The van der Waals surface area contributed by atoms with Crippen LogP contribution in [0, 0.1) is 11.3 Å². The number of anilines is 1. The molecule has 1 N–H and O–H groups in total. The Morgan fingerprint density at radius 2 is 1.57 bits per heavy atom. The van der Waals surface area contributed by atoms with E-state index in [1.807, 2.05) is 30.3 Å². The molecule has 4 aromatic rings. The maximum atomic E-state index is 13.5. The van der Waals surface area contributed by atoms with E-state index in [0.717, 1.165) is 11.3 Å². The smallest absolute Gasteiger partial charge is 0.273 e. The van der Waals surface area contributed by atoms with Crippen molar-refractivity contribution >= 4 is 34.6 Å². The first kappa shape index (κ1) is 23.5. The molecular formula is C27H21N3O4S. The predicted molar refractivity (Wildman–Crippen MR) is 136 cm³/mol. The molecule has 3 aromatic carbocycles.